The van der Waals surface area contributed by atoms with Crippen molar-refractivity contribution >= 4 is 29.1 Å². The summed E-state index contributed by atoms with van der Waals surface area (Å²) in [5.41, 5.74) is 0. The zero-order valence-electron chi connectivity index (χ0n) is 19.1. The van der Waals surface area contributed by atoms with Crippen molar-refractivity contribution in [2.45, 2.75) is 57.7 Å². The molecule has 3 aromatic heterocycles. The molecule has 180 valence electrons. The van der Waals surface area contributed by atoms with Crippen LogP contribution in [0.5, 0.6) is 0 Å². The maximum absolute atomic E-state index is 13.5. The summed E-state index contributed by atoms with van der Waals surface area (Å²) in [4.78, 5) is 41.3. The van der Waals surface area contributed by atoms with Gasteiger partial charge in [0, 0.05) is 6.04 Å². The summed E-state index contributed by atoms with van der Waals surface area (Å²) in [5, 5.41) is 7.58. The van der Waals surface area contributed by atoms with Gasteiger partial charge in [0.25, 0.3) is 11.8 Å². The van der Waals surface area contributed by atoms with E-state index in [4.69, 9.17) is 8.83 Å². The highest BCUT2D eigenvalue weighted by Gasteiger charge is 2.35. The molecule has 3 amide bonds. The van der Waals surface area contributed by atoms with E-state index in [1.165, 1.54) is 28.9 Å². The van der Waals surface area contributed by atoms with Crippen molar-refractivity contribution in [3.8, 4) is 0 Å². The average molecular weight is 484 g/mol. The van der Waals surface area contributed by atoms with Crippen LogP contribution in [0.2, 0.25) is 0 Å². The molecule has 1 fully saturated rings. The summed E-state index contributed by atoms with van der Waals surface area (Å²) in [6, 6.07) is 9.49. The largest absolute Gasteiger partial charge is 0.467 e. The van der Waals surface area contributed by atoms with Crippen molar-refractivity contribution < 1.29 is 23.2 Å². The number of carbonyl (C=O) groups excluding carboxylic acids is 3. The number of nitrogens with one attached hydrogen (secondary N) is 2. The van der Waals surface area contributed by atoms with Crippen LogP contribution < -0.4 is 10.6 Å². The molecule has 1 aliphatic rings. The summed E-state index contributed by atoms with van der Waals surface area (Å²) < 4.78 is 11.3. The quantitative estimate of drug-likeness (QED) is 0.475. The van der Waals surface area contributed by atoms with E-state index < -0.39 is 11.9 Å². The lowest BCUT2D eigenvalue weighted by Crippen LogP contribution is -2.49. The minimum absolute atomic E-state index is 0.0587. The van der Waals surface area contributed by atoms with Gasteiger partial charge in [0.05, 0.1) is 24.2 Å². The minimum atomic E-state index is -0.994. The van der Waals surface area contributed by atoms with E-state index in [-0.39, 0.29) is 30.9 Å². The van der Waals surface area contributed by atoms with Gasteiger partial charge in [0.15, 0.2) is 6.04 Å². The molecule has 0 radical (unpaired) electrons. The predicted octanol–water partition coefficient (Wildman–Crippen LogP) is 4.19. The number of furan rings is 2. The van der Waals surface area contributed by atoms with Crippen LogP contribution in [-0.2, 0) is 16.1 Å². The van der Waals surface area contributed by atoms with Crippen LogP contribution in [0, 0.1) is 6.92 Å². The fourth-order valence-corrected chi connectivity index (χ4v) is 4.84. The molecule has 0 spiro atoms. The first-order valence-corrected chi connectivity index (χ1v) is 12.4. The minimum Gasteiger partial charge on any atom is -0.467 e. The molecule has 1 saturated carbocycles. The van der Waals surface area contributed by atoms with E-state index in [1.54, 1.807) is 48.7 Å². The van der Waals surface area contributed by atoms with Crippen LogP contribution in [0.15, 0.2) is 56.9 Å². The summed E-state index contributed by atoms with van der Waals surface area (Å²) in [7, 11) is 0. The van der Waals surface area contributed by atoms with Crippen molar-refractivity contribution in [2.24, 2.45) is 0 Å². The van der Waals surface area contributed by atoms with Crippen LogP contribution in [0.3, 0.4) is 0 Å². The van der Waals surface area contributed by atoms with Gasteiger partial charge in [0.2, 0.25) is 5.91 Å². The third-order valence-electron chi connectivity index (χ3n) is 5.91. The fourth-order valence-electron chi connectivity index (χ4n) is 4.20. The molecule has 3 aromatic rings. The Hall–Kier alpha value is -3.33. The summed E-state index contributed by atoms with van der Waals surface area (Å²) >= 11 is 1.29. The second kappa shape index (κ2) is 11.2. The highest BCUT2D eigenvalue weighted by atomic mass is 32.1. The third kappa shape index (κ3) is 5.96. The van der Waals surface area contributed by atoms with Crippen molar-refractivity contribution in [3.05, 3.63) is 70.2 Å². The second-order valence-corrected chi connectivity index (χ2v) is 9.40. The van der Waals surface area contributed by atoms with Crippen LogP contribution in [0.25, 0.3) is 0 Å². The molecule has 0 bridgehead atoms. The van der Waals surface area contributed by atoms with Crippen molar-refractivity contribution in [3.63, 3.8) is 0 Å². The third-order valence-corrected chi connectivity index (χ3v) is 6.78. The summed E-state index contributed by atoms with van der Waals surface area (Å²) in [6.07, 6.45) is 6.65. The van der Waals surface area contributed by atoms with E-state index in [0.29, 0.717) is 22.2 Å². The number of rotatable bonds is 9. The molecule has 2 N–H and O–H groups in total. The van der Waals surface area contributed by atoms with E-state index in [9.17, 15) is 14.4 Å². The zero-order chi connectivity index (χ0) is 23.9. The number of hydrogen-bond acceptors (Lipinski definition) is 6. The summed E-state index contributed by atoms with van der Waals surface area (Å²) in [6.45, 7) is 1.59. The molecule has 9 heteroatoms. The van der Waals surface area contributed by atoms with Gasteiger partial charge in [-0.25, -0.2) is 0 Å². The molecule has 3 heterocycles. The van der Waals surface area contributed by atoms with Crippen molar-refractivity contribution in [1.29, 1.82) is 0 Å². The first-order valence-electron chi connectivity index (χ1n) is 11.5. The number of thiophene rings is 1. The molecule has 1 aliphatic carbocycles. The SMILES string of the molecule is Cc1ccc(C(C(=O)NC2CCCCC2)N(Cc2ccco2)C(=O)CNC(=O)c2cccs2)o1. The predicted molar refractivity (Wildman–Crippen MR) is 127 cm³/mol. The Kier molecular flexibility index (Phi) is 7.84. The maximum Gasteiger partial charge on any atom is 0.261 e. The Labute approximate surface area is 202 Å². The van der Waals surface area contributed by atoms with Crippen LogP contribution >= 0.6 is 11.3 Å². The van der Waals surface area contributed by atoms with Crippen LogP contribution in [0.4, 0.5) is 0 Å². The van der Waals surface area contributed by atoms with Gasteiger partial charge in [-0.2, -0.15) is 0 Å². The molecule has 1 unspecified atom stereocenters. The van der Waals surface area contributed by atoms with E-state index >= 15 is 0 Å². The lowest BCUT2D eigenvalue weighted by molar-refractivity contribution is -0.142. The Morgan fingerprint density at radius 2 is 1.94 bits per heavy atom. The van der Waals surface area contributed by atoms with Crippen LogP contribution in [0.1, 0.15) is 65.1 Å². The van der Waals surface area contributed by atoms with Gasteiger partial charge in [-0.15, -0.1) is 11.3 Å². The number of amides is 3. The van der Waals surface area contributed by atoms with Crippen molar-refractivity contribution in [2.75, 3.05) is 6.54 Å². The molecule has 0 aliphatic heterocycles. The lowest BCUT2D eigenvalue weighted by atomic mass is 9.95. The topological polar surface area (TPSA) is 105 Å². The lowest BCUT2D eigenvalue weighted by Gasteiger charge is -2.31. The molecule has 0 saturated heterocycles. The number of carbonyl (C=O) groups is 3. The monoisotopic (exact) mass is 483 g/mol. The van der Waals surface area contributed by atoms with Gasteiger partial charge in [-0.05, 0) is 55.5 Å². The van der Waals surface area contributed by atoms with Gasteiger partial charge >= 0.3 is 0 Å². The number of hydrogen-bond donors (Lipinski definition) is 2. The molecule has 1 atom stereocenters. The van der Waals surface area contributed by atoms with Gasteiger partial charge in [-0.1, -0.05) is 25.3 Å². The average Bonchev–Trinajstić information content (AvgIpc) is 3.61. The van der Waals surface area contributed by atoms with Gasteiger partial charge in [0.1, 0.15) is 17.3 Å². The Morgan fingerprint density at radius 1 is 1.12 bits per heavy atom. The molecular weight excluding hydrogens is 454 g/mol. The second-order valence-electron chi connectivity index (χ2n) is 8.46. The molecule has 0 aromatic carbocycles. The first-order chi connectivity index (χ1) is 16.5. The van der Waals surface area contributed by atoms with Crippen molar-refractivity contribution in [1.82, 2.24) is 15.5 Å². The Balaban J connectivity index is 1.58. The van der Waals surface area contributed by atoms with E-state index in [0.717, 1.165) is 25.7 Å². The highest BCUT2D eigenvalue weighted by molar-refractivity contribution is 7.12. The Bertz CT molecular complexity index is 1080. The van der Waals surface area contributed by atoms with Gasteiger partial charge < -0.3 is 24.4 Å². The fraction of sp³-hybridized carbons (Fsp3) is 0.400. The highest BCUT2D eigenvalue weighted by Crippen LogP contribution is 2.27. The molecule has 4 rings (SSSR count). The van der Waals surface area contributed by atoms with Crippen LogP contribution in [-0.4, -0.2) is 35.2 Å². The smallest absolute Gasteiger partial charge is 0.261 e. The Morgan fingerprint density at radius 3 is 2.59 bits per heavy atom. The number of aryl methyl sites for hydroxylation is 1. The summed E-state index contributed by atoms with van der Waals surface area (Å²) in [5.74, 6) is 0.483. The van der Waals surface area contributed by atoms with Gasteiger partial charge in [-0.3, -0.25) is 14.4 Å². The molecule has 8 nitrogen and oxygen atoms in total. The standard InChI is InChI=1S/C25H29N3O5S/c1-17-11-12-20(33-17)23(25(31)27-18-7-3-2-4-8-18)28(16-19-9-5-13-32-19)22(29)15-26-24(30)21-10-6-14-34-21/h5-6,9-14,18,23H,2-4,7-8,15-16H2,1H3,(H,26,30)(H,27,31). The normalized spacial score (nSPS) is 15.0. The van der Waals surface area contributed by atoms with E-state index in [1.807, 2.05) is 0 Å². The van der Waals surface area contributed by atoms with E-state index in [2.05, 4.69) is 10.6 Å². The maximum atomic E-state index is 13.5. The first kappa shape index (κ1) is 23.8. The number of nitrogens with zero attached hydrogens (tertiary/aromatic N) is 1. The zero-order valence-corrected chi connectivity index (χ0v) is 19.9. The molecular formula is C25H29N3O5S. The molecule has 34 heavy (non-hydrogen) atoms.